The van der Waals surface area contributed by atoms with Crippen molar-refractivity contribution >= 4 is 33.5 Å². The van der Waals surface area contributed by atoms with Gasteiger partial charge in [-0.1, -0.05) is 0 Å². The van der Waals surface area contributed by atoms with Gasteiger partial charge in [0.25, 0.3) is 0 Å². The minimum absolute atomic E-state index is 0.330. The van der Waals surface area contributed by atoms with Gasteiger partial charge in [-0.05, 0) is 0 Å². The summed E-state index contributed by atoms with van der Waals surface area (Å²) in [4.78, 5) is 20.7. The van der Waals surface area contributed by atoms with Gasteiger partial charge in [-0.3, -0.25) is 18.0 Å². The number of hydrogen-bond acceptors (Lipinski definition) is 6. The zero-order chi connectivity index (χ0) is 13.6. The Balaban J connectivity index is 4.09. The molecule has 0 aliphatic rings. The Morgan fingerprint density at radius 3 is 1.47 bits per heavy atom. The molecule has 0 bridgehead atoms. The fourth-order valence-electron chi connectivity index (χ4n) is 0.786. The van der Waals surface area contributed by atoms with Crippen LogP contribution in [-0.4, -0.2) is 59.2 Å². The first-order valence-electron chi connectivity index (χ1n) is 4.40. The number of carbonyl (C=O) groups is 2. The van der Waals surface area contributed by atoms with Crippen LogP contribution in [0.3, 0.4) is 0 Å². The Bertz CT molecular complexity index is 315. The van der Waals surface area contributed by atoms with Crippen LogP contribution < -0.4 is 11.5 Å². The lowest BCUT2D eigenvalue weighted by atomic mass is 10.4. The van der Waals surface area contributed by atoms with Crippen molar-refractivity contribution in [3.05, 3.63) is 0 Å². The fraction of sp³-hybridized carbons (Fsp3) is 0.714. The molecule has 0 fully saturated rings. The van der Waals surface area contributed by atoms with Crippen LogP contribution >= 0.6 is 0 Å². The summed E-state index contributed by atoms with van der Waals surface area (Å²) >= 11 is 0. The van der Waals surface area contributed by atoms with Crippen LogP contribution in [0.1, 0.15) is 0 Å². The van der Waals surface area contributed by atoms with Crippen molar-refractivity contribution in [1.82, 2.24) is 0 Å². The average Bonchev–Trinajstić information content (AvgIpc) is 2.16. The first-order chi connectivity index (χ1) is 7.73. The molecule has 0 aromatic rings. The average molecular weight is 286 g/mol. The Morgan fingerprint density at radius 2 is 1.24 bits per heavy atom. The van der Waals surface area contributed by atoms with Gasteiger partial charge in [-0.15, -0.1) is 0 Å². The molecule has 0 saturated carbocycles. The van der Waals surface area contributed by atoms with Gasteiger partial charge in [-0.2, -0.15) is 0 Å². The van der Waals surface area contributed by atoms with Crippen LogP contribution in [0.25, 0.3) is 0 Å². The number of carboxylic acids is 2. The van der Waals surface area contributed by atoms with E-state index in [0.717, 1.165) is 0 Å². The lowest BCUT2D eigenvalue weighted by molar-refractivity contribution is -0.138. The van der Waals surface area contributed by atoms with Gasteiger partial charge in [0.15, 0.2) is 0 Å². The highest BCUT2D eigenvalue weighted by molar-refractivity contribution is 8.01. The number of rotatable bonds is 8. The van der Waals surface area contributed by atoms with Crippen LogP contribution in [0.5, 0.6) is 0 Å². The molecule has 0 aliphatic carbocycles. The summed E-state index contributed by atoms with van der Waals surface area (Å²) in [6.45, 7) is 0. The van der Waals surface area contributed by atoms with Crippen molar-refractivity contribution in [2.45, 2.75) is 12.1 Å². The van der Waals surface area contributed by atoms with Gasteiger partial charge >= 0.3 is 11.9 Å². The van der Waals surface area contributed by atoms with Crippen LogP contribution in [0.4, 0.5) is 0 Å². The second kappa shape index (κ2) is 7.48. The minimum atomic E-state index is -1.68. The van der Waals surface area contributed by atoms with E-state index in [0.29, 0.717) is 0 Å². The highest BCUT2D eigenvalue weighted by atomic mass is 32.2. The molecule has 0 heterocycles. The first-order valence-corrected chi connectivity index (χ1v) is 7.38. The third-order valence-electron chi connectivity index (χ3n) is 1.63. The molecule has 0 aromatic heterocycles. The van der Waals surface area contributed by atoms with E-state index >= 15 is 0 Å². The molecule has 0 unspecified atom stereocenters. The summed E-state index contributed by atoms with van der Waals surface area (Å²) in [7, 11) is -3.37. The van der Waals surface area contributed by atoms with Gasteiger partial charge in [0.1, 0.15) is 12.1 Å². The standard InChI is InChI=1S/C7H14N2O6S2/c8-4(6(10)11)1-16(14)3-17(15)2-5(9)7(12)13/h4-5H,1-3,8-9H2,(H,10,11)(H,12,13)/t4-,5-,16-,17+/m0/s1. The van der Waals surface area contributed by atoms with Crippen molar-refractivity contribution in [2.75, 3.05) is 16.6 Å². The molecule has 0 spiro atoms. The fourth-order valence-corrected chi connectivity index (χ4v) is 3.81. The summed E-state index contributed by atoms with van der Waals surface area (Å²) < 4.78 is 22.6. The molecule has 100 valence electrons. The number of aliphatic carboxylic acids is 2. The van der Waals surface area contributed by atoms with Crippen LogP contribution in [0.15, 0.2) is 0 Å². The lowest BCUT2D eigenvalue weighted by Gasteiger charge is -2.08. The molecular weight excluding hydrogens is 272 g/mol. The van der Waals surface area contributed by atoms with Crippen molar-refractivity contribution < 1.29 is 28.2 Å². The largest absolute Gasteiger partial charge is 0.480 e. The van der Waals surface area contributed by atoms with Gasteiger partial charge in [0, 0.05) is 21.6 Å². The quantitative estimate of drug-likeness (QED) is 0.374. The van der Waals surface area contributed by atoms with Crippen LogP contribution in [0.2, 0.25) is 0 Å². The van der Waals surface area contributed by atoms with Gasteiger partial charge in [-0.25, -0.2) is 0 Å². The van der Waals surface area contributed by atoms with Gasteiger partial charge in [0.2, 0.25) is 0 Å². The van der Waals surface area contributed by atoms with Crippen LogP contribution in [0, 0.1) is 0 Å². The minimum Gasteiger partial charge on any atom is -0.480 e. The zero-order valence-corrected chi connectivity index (χ0v) is 10.4. The molecule has 0 amide bonds. The third-order valence-corrected chi connectivity index (χ3v) is 5.19. The van der Waals surface area contributed by atoms with E-state index in [9.17, 15) is 18.0 Å². The second-order valence-electron chi connectivity index (χ2n) is 3.22. The molecule has 6 N–H and O–H groups in total. The monoisotopic (exact) mass is 286 g/mol. The molecule has 0 saturated heterocycles. The van der Waals surface area contributed by atoms with E-state index in [1.165, 1.54) is 0 Å². The lowest BCUT2D eigenvalue weighted by Crippen LogP contribution is -2.38. The highest BCUT2D eigenvalue weighted by Gasteiger charge is 2.20. The number of hydrogen-bond donors (Lipinski definition) is 4. The summed E-state index contributed by atoms with van der Waals surface area (Å²) in [6.07, 6.45) is 0. The maximum absolute atomic E-state index is 11.3. The zero-order valence-electron chi connectivity index (χ0n) is 8.77. The smallest absolute Gasteiger partial charge is 0.321 e. The maximum atomic E-state index is 11.3. The molecule has 0 rings (SSSR count). The second-order valence-corrected chi connectivity index (χ2v) is 6.59. The van der Waals surface area contributed by atoms with Crippen LogP contribution in [-0.2, 0) is 31.2 Å². The van der Waals surface area contributed by atoms with Crippen molar-refractivity contribution in [3.63, 3.8) is 0 Å². The van der Waals surface area contributed by atoms with Crippen molar-refractivity contribution in [1.29, 1.82) is 0 Å². The molecule has 17 heavy (non-hydrogen) atoms. The van der Waals surface area contributed by atoms with E-state index in [2.05, 4.69) is 0 Å². The molecular formula is C7H14N2O6S2. The summed E-state index contributed by atoms with van der Waals surface area (Å²) in [5.74, 6) is -3.26. The van der Waals surface area contributed by atoms with Crippen molar-refractivity contribution in [2.24, 2.45) is 11.5 Å². The molecule has 4 atom stereocenters. The Hall–Kier alpha value is -0.840. The first kappa shape index (κ1) is 16.2. The van der Waals surface area contributed by atoms with E-state index in [1.807, 2.05) is 0 Å². The van der Waals surface area contributed by atoms with E-state index in [-0.39, 0.29) is 16.6 Å². The molecule has 0 aliphatic heterocycles. The Morgan fingerprint density at radius 1 is 0.941 bits per heavy atom. The summed E-state index contributed by atoms with van der Waals surface area (Å²) in [6, 6.07) is -2.58. The predicted molar refractivity (Wildman–Crippen MR) is 62.1 cm³/mol. The van der Waals surface area contributed by atoms with Gasteiger partial charge in [0.05, 0.1) is 16.6 Å². The van der Waals surface area contributed by atoms with E-state index in [4.69, 9.17) is 21.7 Å². The number of nitrogens with two attached hydrogens (primary N) is 2. The Labute approximate surface area is 102 Å². The maximum Gasteiger partial charge on any atom is 0.321 e. The summed E-state index contributed by atoms with van der Waals surface area (Å²) in [5.41, 5.74) is 10.3. The Kier molecular flexibility index (Phi) is 7.11. The topological polar surface area (TPSA) is 161 Å². The van der Waals surface area contributed by atoms with E-state index < -0.39 is 45.6 Å². The SMILES string of the molecule is N[C@@H](C[S@@](=O)C[S@@](=O)C[C@H](N)C(=O)O)C(=O)O. The normalized spacial score (nSPS) is 18.0. The molecule has 10 heteroatoms. The molecule has 8 nitrogen and oxygen atoms in total. The summed E-state index contributed by atoms with van der Waals surface area (Å²) in [5, 5.41) is 16.6. The number of carboxylic acid groups (broad SMARTS) is 2. The third kappa shape index (κ3) is 7.15. The molecule has 0 aromatic carbocycles. The molecule has 0 radical (unpaired) electrons. The van der Waals surface area contributed by atoms with Crippen molar-refractivity contribution in [3.8, 4) is 0 Å². The predicted octanol–water partition coefficient (Wildman–Crippen LogP) is -2.73. The van der Waals surface area contributed by atoms with E-state index in [1.54, 1.807) is 0 Å². The van der Waals surface area contributed by atoms with Gasteiger partial charge < -0.3 is 21.7 Å². The highest BCUT2D eigenvalue weighted by Crippen LogP contribution is 1.95.